The minimum absolute atomic E-state index is 0.715. The van der Waals surface area contributed by atoms with E-state index in [4.69, 9.17) is 0 Å². The van der Waals surface area contributed by atoms with Gasteiger partial charge < -0.3 is 15.2 Å². The Morgan fingerprint density at radius 3 is 3.33 bits per heavy atom. The number of aromatic amines is 1. The molecule has 1 atom stereocenters. The summed E-state index contributed by atoms with van der Waals surface area (Å²) in [6.45, 7) is 3.26. The summed E-state index contributed by atoms with van der Waals surface area (Å²) < 4.78 is 0. The summed E-state index contributed by atoms with van der Waals surface area (Å²) in [7, 11) is 2.02. The molecule has 0 radical (unpaired) electrons. The van der Waals surface area contributed by atoms with Crippen molar-refractivity contribution in [2.75, 3.05) is 31.6 Å². The van der Waals surface area contributed by atoms with Crippen LogP contribution in [0.5, 0.6) is 0 Å². The van der Waals surface area contributed by atoms with Crippen molar-refractivity contribution < 1.29 is 0 Å². The van der Waals surface area contributed by atoms with Gasteiger partial charge in [0.05, 0.1) is 5.39 Å². The summed E-state index contributed by atoms with van der Waals surface area (Å²) in [6, 6.07) is 2.06. The zero-order valence-corrected chi connectivity index (χ0v) is 10.7. The van der Waals surface area contributed by atoms with Crippen LogP contribution in [0.25, 0.3) is 11.0 Å². The smallest absolute Gasteiger partial charge is 0.142 e. The zero-order chi connectivity index (χ0) is 12.4. The first kappa shape index (κ1) is 11.5. The van der Waals surface area contributed by atoms with Gasteiger partial charge in [-0.15, -0.1) is 0 Å². The number of rotatable bonds is 3. The van der Waals surface area contributed by atoms with Gasteiger partial charge in [-0.25, -0.2) is 9.97 Å². The molecule has 96 valence electrons. The van der Waals surface area contributed by atoms with E-state index < -0.39 is 0 Å². The highest BCUT2D eigenvalue weighted by atomic mass is 15.2. The molecule has 1 fully saturated rings. The number of nitrogens with one attached hydrogen (secondary N) is 2. The minimum Gasteiger partial charge on any atom is -0.356 e. The summed E-state index contributed by atoms with van der Waals surface area (Å²) in [4.78, 5) is 14.3. The Labute approximate surface area is 107 Å². The van der Waals surface area contributed by atoms with Gasteiger partial charge in [0.2, 0.25) is 0 Å². The maximum absolute atomic E-state index is 4.47. The van der Waals surface area contributed by atoms with E-state index in [0.29, 0.717) is 5.92 Å². The average Bonchev–Trinajstić information content (AvgIpc) is 2.87. The lowest BCUT2D eigenvalue weighted by atomic mass is 9.98. The maximum atomic E-state index is 4.47. The fourth-order valence-electron chi connectivity index (χ4n) is 2.82. The van der Waals surface area contributed by atoms with E-state index in [1.807, 2.05) is 13.2 Å². The third-order valence-electron chi connectivity index (χ3n) is 3.64. The molecule has 1 saturated heterocycles. The van der Waals surface area contributed by atoms with Gasteiger partial charge in [-0.05, 0) is 38.4 Å². The highest BCUT2D eigenvalue weighted by Crippen LogP contribution is 2.26. The second-order valence-corrected chi connectivity index (χ2v) is 4.95. The number of aromatic nitrogens is 3. The van der Waals surface area contributed by atoms with Crippen molar-refractivity contribution in [2.45, 2.75) is 12.8 Å². The molecule has 1 unspecified atom stereocenters. The van der Waals surface area contributed by atoms with Crippen molar-refractivity contribution in [1.82, 2.24) is 20.3 Å². The predicted octanol–water partition coefficient (Wildman–Crippen LogP) is 1.39. The third-order valence-corrected chi connectivity index (χ3v) is 3.64. The molecule has 2 aromatic heterocycles. The van der Waals surface area contributed by atoms with E-state index in [1.54, 1.807) is 6.33 Å². The monoisotopic (exact) mass is 245 g/mol. The van der Waals surface area contributed by atoms with Crippen LogP contribution in [-0.4, -0.2) is 41.6 Å². The fraction of sp³-hybridized carbons (Fsp3) is 0.538. The molecule has 0 aliphatic carbocycles. The number of hydrogen-bond acceptors (Lipinski definition) is 4. The van der Waals surface area contributed by atoms with Crippen LogP contribution in [0.15, 0.2) is 18.6 Å². The first-order valence-electron chi connectivity index (χ1n) is 6.56. The molecule has 3 rings (SSSR count). The van der Waals surface area contributed by atoms with Gasteiger partial charge in [-0.1, -0.05) is 0 Å². The van der Waals surface area contributed by atoms with E-state index in [2.05, 4.69) is 31.2 Å². The van der Waals surface area contributed by atoms with Crippen LogP contribution >= 0.6 is 0 Å². The van der Waals surface area contributed by atoms with Gasteiger partial charge in [0, 0.05) is 19.3 Å². The van der Waals surface area contributed by atoms with Gasteiger partial charge in [0.25, 0.3) is 0 Å². The molecule has 5 heteroatoms. The highest BCUT2D eigenvalue weighted by molar-refractivity contribution is 5.87. The van der Waals surface area contributed by atoms with Crippen LogP contribution in [0, 0.1) is 5.92 Å². The molecule has 0 spiro atoms. The molecule has 0 aromatic carbocycles. The fourth-order valence-corrected chi connectivity index (χ4v) is 2.82. The van der Waals surface area contributed by atoms with Crippen molar-refractivity contribution in [3.63, 3.8) is 0 Å². The van der Waals surface area contributed by atoms with Crippen molar-refractivity contribution in [2.24, 2.45) is 5.92 Å². The molecule has 1 aliphatic rings. The highest BCUT2D eigenvalue weighted by Gasteiger charge is 2.21. The summed E-state index contributed by atoms with van der Waals surface area (Å²) in [5.41, 5.74) is 0.927. The molecule has 1 aliphatic heterocycles. The first-order chi connectivity index (χ1) is 8.88. The van der Waals surface area contributed by atoms with E-state index in [1.165, 1.54) is 12.8 Å². The Morgan fingerprint density at radius 2 is 2.44 bits per heavy atom. The molecular weight excluding hydrogens is 226 g/mol. The molecule has 18 heavy (non-hydrogen) atoms. The molecule has 2 N–H and O–H groups in total. The van der Waals surface area contributed by atoms with Crippen LogP contribution in [0.3, 0.4) is 0 Å². The molecular formula is C13H19N5. The Kier molecular flexibility index (Phi) is 3.15. The maximum Gasteiger partial charge on any atom is 0.142 e. The van der Waals surface area contributed by atoms with Crippen LogP contribution in [0.1, 0.15) is 12.8 Å². The number of anilines is 1. The lowest BCUT2D eigenvalue weighted by Crippen LogP contribution is -2.39. The lowest BCUT2D eigenvalue weighted by Gasteiger charge is -2.33. The van der Waals surface area contributed by atoms with Crippen LogP contribution < -0.4 is 10.2 Å². The topological polar surface area (TPSA) is 56.8 Å². The Hall–Kier alpha value is -1.62. The number of nitrogens with zero attached hydrogens (tertiary/aromatic N) is 3. The largest absolute Gasteiger partial charge is 0.356 e. The molecule has 0 amide bonds. The van der Waals surface area contributed by atoms with Crippen molar-refractivity contribution in [3.8, 4) is 0 Å². The lowest BCUT2D eigenvalue weighted by molar-refractivity contribution is 0.401. The van der Waals surface area contributed by atoms with Crippen molar-refractivity contribution >= 4 is 16.9 Å². The van der Waals surface area contributed by atoms with Gasteiger partial charge in [-0.3, -0.25) is 0 Å². The quantitative estimate of drug-likeness (QED) is 0.858. The third kappa shape index (κ3) is 2.06. The normalized spacial score (nSPS) is 20.5. The summed E-state index contributed by atoms with van der Waals surface area (Å²) in [6.07, 6.45) is 6.12. The van der Waals surface area contributed by atoms with Gasteiger partial charge in [0.1, 0.15) is 17.8 Å². The summed E-state index contributed by atoms with van der Waals surface area (Å²) >= 11 is 0. The van der Waals surface area contributed by atoms with E-state index in [9.17, 15) is 0 Å². The van der Waals surface area contributed by atoms with Crippen LogP contribution in [0.2, 0.25) is 0 Å². The molecule has 5 nitrogen and oxygen atoms in total. The van der Waals surface area contributed by atoms with Crippen molar-refractivity contribution in [1.29, 1.82) is 0 Å². The second kappa shape index (κ2) is 4.94. The molecule has 3 heterocycles. The summed E-state index contributed by atoms with van der Waals surface area (Å²) in [5.74, 6) is 1.79. The first-order valence-corrected chi connectivity index (χ1v) is 6.56. The number of fused-ring (bicyclic) bond motifs is 1. The minimum atomic E-state index is 0.715. The standard InChI is InChI=1S/C13H19N5/c1-14-7-10-3-2-6-18(8-10)13-11-4-5-15-12(11)16-9-17-13/h4-5,9-10,14H,2-3,6-8H2,1H3,(H,15,16,17). The van der Waals surface area contributed by atoms with Crippen molar-refractivity contribution in [3.05, 3.63) is 18.6 Å². The van der Waals surface area contributed by atoms with Gasteiger partial charge >= 0.3 is 0 Å². The molecule has 2 aromatic rings. The Balaban J connectivity index is 1.87. The van der Waals surface area contributed by atoms with Gasteiger partial charge in [-0.2, -0.15) is 0 Å². The number of H-pyrrole nitrogens is 1. The van der Waals surface area contributed by atoms with Crippen LogP contribution in [-0.2, 0) is 0 Å². The van der Waals surface area contributed by atoms with Gasteiger partial charge in [0.15, 0.2) is 0 Å². The van der Waals surface area contributed by atoms with E-state index >= 15 is 0 Å². The SMILES string of the molecule is CNCC1CCCN(c2ncnc3[nH]ccc23)C1. The Bertz CT molecular complexity index is 519. The second-order valence-electron chi connectivity index (χ2n) is 4.95. The van der Waals surface area contributed by atoms with E-state index in [-0.39, 0.29) is 0 Å². The van der Waals surface area contributed by atoms with E-state index in [0.717, 1.165) is 36.5 Å². The average molecular weight is 245 g/mol. The number of hydrogen-bond donors (Lipinski definition) is 2. The molecule has 0 bridgehead atoms. The Morgan fingerprint density at radius 1 is 1.50 bits per heavy atom. The van der Waals surface area contributed by atoms with Crippen LogP contribution in [0.4, 0.5) is 5.82 Å². The summed E-state index contributed by atoms with van der Waals surface area (Å²) in [5, 5.41) is 4.40. The number of piperidine rings is 1. The predicted molar refractivity (Wildman–Crippen MR) is 72.8 cm³/mol. The molecule has 0 saturated carbocycles. The zero-order valence-electron chi connectivity index (χ0n) is 10.7.